The summed E-state index contributed by atoms with van der Waals surface area (Å²) in [4.78, 5) is 23.1. The Balaban J connectivity index is 2.34. The van der Waals surface area contributed by atoms with Crippen molar-refractivity contribution in [3.63, 3.8) is 0 Å². The van der Waals surface area contributed by atoms with Gasteiger partial charge >= 0.3 is 5.69 Å². The number of ether oxygens (including phenoxy) is 1. The summed E-state index contributed by atoms with van der Waals surface area (Å²) in [5.41, 5.74) is -0.0157. The molecule has 0 aliphatic carbocycles. The van der Waals surface area contributed by atoms with Crippen molar-refractivity contribution in [1.82, 2.24) is 9.97 Å². The Morgan fingerprint density at radius 3 is 2.71 bits per heavy atom. The van der Waals surface area contributed by atoms with Gasteiger partial charge in [0.15, 0.2) is 0 Å². The van der Waals surface area contributed by atoms with Gasteiger partial charge in [-0.15, -0.1) is 0 Å². The van der Waals surface area contributed by atoms with E-state index in [1.165, 1.54) is 6.33 Å². The van der Waals surface area contributed by atoms with Crippen LogP contribution in [-0.2, 0) is 4.74 Å². The van der Waals surface area contributed by atoms with E-state index < -0.39 is 0 Å². The fraction of sp³-hybridized carbons (Fsp3) is 0.692. The number of piperidine rings is 1. The third-order valence-corrected chi connectivity index (χ3v) is 3.61. The molecule has 2 rings (SSSR count). The molecule has 0 bridgehead atoms. The van der Waals surface area contributed by atoms with Crippen LogP contribution in [0.4, 0.5) is 17.3 Å². The zero-order valence-corrected chi connectivity index (χ0v) is 12.5. The number of hydrogen-bond acceptors (Lipinski definition) is 7. The zero-order valence-electron chi connectivity index (χ0n) is 12.5. The van der Waals surface area contributed by atoms with Gasteiger partial charge in [0.05, 0.1) is 11.5 Å². The van der Waals surface area contributed by atoms with Crippen LogP contribution >= 0.6 is 0 Å². The van der Waals surface area contributed by atoms with Crippen molar-refractivity contribution in [2.45, 2.75) is 19.3 Å². The first-order chi connectivity index (χ1) is 10.1. The first kappa shape index (κ1) is 15.4. The summed E-state index contributed by atoms with van der Waals surface area (Å²) in [6, 6.07) is 0. The maximum atomic E-state index is 11.5. The van der Waals surface area contributed by atoms with Crippen LogP contribution < -0.4 is 9.80 Å². The van der Waals surface area contributed by atoms with E-state index in [2.05, 4.69) is 9.97 Å². The molecule has 1 aromatic heterocycles. The lowest BCUT2D eigenvalue weighted by atomic mass is 10.1. The molecule has 1 aliphatic heterocycles. The molecule has 1 saturated heterocycles. The quantitative estimate of drug-likeness (QED) is 0.580. The van der Waals surface area contributed by atoms with Gasteiger partial charge in [0.1, 0.15) is 6.33 Å². The van der Waals surface area contributed by atoms with Gasteiger partial charge in [-0.2, -0.15) is 0 Å². The van der Waals surface area contributed by atoms with Crippen LogP contribution in [0.15, 0.2) is 6.33 Å². The second-order valence-corrected chi connectivity index (χ2v) is 5.09. The molecule has 0 N–H and O–H groups in total. The minimum Gasteiger partial charge on any atom is -0.383 e. The third-order valence-electron chi connectivity index (χ3n) is 3.61. The molecule has 116 valence electrons. The summed E-state index contributed by atoms with van der Waals surface area (Å²) >= 11 is 0. The van der Waals surface area contributed by atoms with Gasteiger partial charge in [-0.3, -0.25) is 10.1 Å². The van der Waals surface area contributed by atoms with Crippen LogP contribution in [0.5, 0.6) is 0 Å². The van der Waals surface area contributed by atoms with Gasteiger partial charge < -0.3 is 14.5 Å². The lowest BCUT2D eigenvalue weighted by Crippen LogP contribution is -2.32. The lowest BCUT2D eigenvalue weighted by Gasteiger charge is -2.28. The summed E-state index contributed by atoms with van der Waals surface area (Å²) in [5, 5.41) is 11.5. The second kappa shape index (κ2) is 7.16. The van der Waals surface area contributed by atoms with Gasteiger partial charge in [-0.05, 0) is 19.3 Å². The van der Waals surface area contributed by atoms with Gasteiger partial charge in [-0.25, -0.2) is 9.97 Å². The van der Waals surface area contributed by atoms with E-state index in [-0.39, 0.29) is 10.6 Å². The molecule has 1 aromatic rings. The molecule has 0 amide bonds. The molecule has 0 saturated carbocycles. The van der Waals surface area contributed by atoms with Crippen molar-refractivity contribution in [2.75, 3.05) is 50.2 Å². The molecule has 0 atom stereocenters. The molecule has 1 fully saturated rings. The Kier molecular flexibility index (Phi) is 5.26. The van der Waals surface area contributed by atoms with E-state index in [0.29, 0.717) is 24.8 Å². The Morgan fingerprint density at radius 1 is 1.38 bits per heavy atom. The normalized spacial score (nSPS) is 15.0. The number of rotatable bonds is 6. The minimum atomic E-state index is -0.386. The number of likely N-dealkylation sites (N-methyl/N-ethyl adjacent to an activating group) is 1. The van der Waals surface area contributed by atoms with Crippen molar-refractivity contribution >= 4 is 17.3 Å². The molecular formula is C13H21N5O3. The predicted molar refractivity (Wildman–Crippen MR) is 79.9 cm³/mol. The van der Waals surface area contributed by atoms with E-state index in [0.717, 1.165) is 32.4 Å². The highest BCUT2D eigenvalue weighted by molar-refractivity contribution is 5.71. The van der Waals surface area contributed by atoms with Crippen LogP contribution in [0, 0.1) is 10.1 Å². The topological polar surface area (TPSA) is 84.6 Å². The third kappa shape index (κ3) is 3.57. The van der Waals surface area contributed by atoms with Gasteiger partial charge in [0.2, 0.25) is 11.6 Å². The molecule has 2 heterocycles. The first-order valence-electron chi connectivity index (χ1n) is 7.09. The van der Waals surface area contributed by atoms with Crippen molar-refractivity contribution in [2.24, 2.45) is 0 Å². The molecule has 0 radical (unpaired) electrons. The smallest absolute Gasteiger partial charge is 0.353 e. The van der Waals surface area contributed by atoms with Gasteiger partial charge in [0, 0.05) is 33.8 Å². The average molecular weight is 295 g/mol. The zero-order chi connectivity index (χ0) is 15.2. The number of aromatic nitrogens is 2. The molecular weight excluding hydrogens is 274 g/mol. The second-order valence-electron chi connectivity index (χ2n) is 5.09. The number of anilines is 2. The Hall–Kier alpha value is -1.96. The molecule has 0 aromatic carbocycles. The van der Waals surface area contributed by atoms with E-state index in [1.807, 2.05) is 4.90 Å². The molecule has 21 heavy (non-hydrogen) atoms. The summed E-state index contributed by atoms with van der Waals surface area (Å²) in [6.07, 6.45) is 4.64. The largest absolute Gasteiger partial charge is 0.383 e. The highest BCUT2D eigenvalue weighted by Crippen LogP contribution is 2.34. The van der Waals surface area contributed by atoms with E-state index in [4.69, 9.17) is 4.74 Å². The summed E-state index contributed by atoms with van der Waals surface area (Å²) in [6.45, 7) is 2.63. The van der Waals surface area contributed by atoms with E-state index in [1.54, 1.807) is 19.1 Å². The summed E-state index contributed by atoms with van der Waals surface area (Å²) < 4.78 is 5.02. The lowest BCUT2D eigenvalue weighted by molar-refractivity contribution is -0.383. The predicted octanol–water partition coefficient (Wildman–Crippen LogP) is 1.46. The molecule has 1 aliphatic rings. The Morgan fingerprint density at radius 2 is 2.10 bits per heavy atom. The Labute approximate surface area is 123 Å². The molecule has 8 nitrogen and oxygen atoms in total. The number of nitro groups is 1. The standard InChI is InChI=1S/C13H21N5O3/c1-16(8-9-21-2)12-11(18(19)20)13(15-10-14-12)17-6-4-3-5-7-17/h10H,3-9H2,1-2H3. The van der Waals surface area contributed by atoms with Gasteiger partial charge in [0.25, 0.3) is 0 Å². The van der Waals surface area contributed by atoms with Crippen LogP contribution in [-0.4, -0.2) is 55.3 Å². The van der Waals surface area contributed by atoms with Crippen molar-refractivity contribution in [1.29, 1.82) is 0 Å². The summed E-state index contributed by atoms with van der Waals surface area (Å²) in [5.74, 6) is 0.765. The first-order valence-corrected chi connectivity index (χ1v) is 7.09. The summed E-state index contributed by atoms with van der Waals surface area (Å²) in [7, 11) is 3.37. The number of nitrogens with zero attached hydrogens (tertiary/aromatic N) is 5. The van der Waals surface area contributed by atoms with Crippen LogP contribution in [0.3, 0.4) is 0 Å². The number of methoxy groups -OCH3 is 1. The highest BCUT2D eigenvalue weighted by atomic mass is 16.6. The van der Waals surface area contributed by atoms with Gasteiger partial charge in [-0.1, -0.05) is 0 Å². The van der Waals surface area contributed by atoms with Crippen LogP contribution in [0.2, 0.25) is 0 Å². The molecule has 8 heteroatoms. The average Bonchev–Trinajstić information content (AvgIpc) is 2.52. The minimum absolute atomic E-state index is 0.0157. The van der Waals surface area contributed by atoms with E-state index >= 15 is 0 Å². The Bertz CT molecular complexity index is 491. The molecule has 0 unspecified atom stereocenters. The van der Waals surface area contributed by atoms with Crippen LogP contribution in [0.1, 0.15) is 19.3 Å². The number of hydrogen-bond donors (Lipinski definition) is 0. The van der Waals surface area contributed by atoms with Crippen molar-refractivity contribution in [3.05, 3.63) is 16.4 Å². The van der Waals surface area contributed by atoms with E-state index in [9.17, 15) is 10.1 Å². The van der Waals surface area contributed by atoms with Crippen molar-refractivity contribution in [3.8, 4) is 0 Å². The highest BCUT2D eigenvalue weighted by Gasteiger charge is 2.29. The molecule has 0 spiro atoms. The fourth-order valence-electron chi connectivity index (χ4n) is 2.47. The SMILES string of the molecule is COCCN(C)c1ncnc(N2CCCCC2)c1[N+](=O)[O-]. The van der Waals surface area contributed by atoms with Crippen LogP contribution in [0.25, 0.3) is 0 Å². The van der Waals surface area contributed by atoms with Crippen molar-refractivity contribution < 1.29 is 9.66 Å². The monoisotopic (exact) mass is 295 g/mol. The maximum absolute atomic E-state index is 11.5. The maximum Gasteiger partial charge on any atom is 0.353 e. The fourth-order valence-corrected chi connectivity index (χ4v) is 2.47.